The van der Waals surface area contributed by atoms with E-state index in [9.17, 15) is 18.0 Å². The molecule has 0 saturated carbocycles. The van der Waals surface area contributed by atoms with Crippen LogP contribution in [0.25, 0.3) is 0 Å². The molecular formula is C27H29ClIN3O4S. The van der Waals surface area contributed by atoms with Gasteiger partial charge in [0.25, 0.3) is 10.0 Å². The van der Waals surface area contributed by atoms with Crippen molar-refractivity contribution in [2.45, 2.75) is 37.8 Å². The zero-order valence-electron chi connectivity index (χ0n) is 20.6. The number of nitrogens with zero attached hydrogens (tertiary/aromatic N) is 2. The Morgan fingerprint density at radius 3 is 2.30 bits per heavy atom. The van der Waals surface area contributed by atoms with E-state index < -0.39 is 28.5 Å². The van der Waals surface area contributed by atoms with Crippen molar-refractivity contribution < 1.29 is 18.0 Å². The van der Waals surface area contributed by atoms with Gasteiger partial charge in [0, 0.05) is 21.7 Å². The van der Waals surface area contributed by atoms with Crippen molar-refractivity contribution in [3.05, 3.63) is 93.0 Å². The van der Waals surface area contributed by atoms with Crippen LogP contribution in [0.5, 0.6) is 0 Å². The third kappa shape index (κ3) is 7.68. The smallest absolute Gasteiger partial charge is 0.264 e. The van der Waals surface area contributed by atoms with Crippen molar-refractivity contribution >= 4 is 61.7 Å². The molecule has 3 aromatic rings. The van der Waals surface area contributed by atoms with Crippen LogP contribution in [0, 0.1) is 3.57 Å². The van der Waals surface area contributed by atoms with Gasteiger partial charge >= 0.3 is 0 Å². The fourth-order valence-electron chi connectivity index (χ4n) is 3.67. The van der Waals surface area contributed by atoms with E-state index in [2.05, 4.69) is 27.9 Å². The number of hydrogen-bond donors (Lipinski definition) is 1. The molecule has 0 saturated heterocycles. The maximum atomic E-state index is 13.8. The van der Waals surface area contributed by atoms with E-state index in [1.54, 1.807) is 73.7 Å². The first kappa shape index (κ1) is 28.9. The molecule has 0 spiro atoms. The molecule has 0 aliphatic rings. The Balaban J connectivity index is 2.00. The molecule has 0 unspecified atom stereocenters. The van der Waals surface area contributed by atoms with Crippen LogP contribution in [-0.2, 0) is 26.2 Å². The summed E-state index contributed by atoms with van der Waals surface area (Å²) in [6, 6.07) is 21.0. The molecule has 0 aliphatic heterocycles. The lowest BCUT2D eigenvalue weighted by Gasteiger charge is -2.32. The minimum absolute atomic E-state index is 0.0662. The number of amides is 2. The monoisotopic (exact) mass is 653 g/mol. The van der Waals surface area contributed by atoms with Crippen molar-refractivity contribution in [3.63, 3.8) is 0 Å². The number of rotatable bonds is 11. The predicted octanol–water partition coefficient (Wildman–Crippen LogP) is 5.08. The summed E-state index contributed by atoms with van der Waals surface area (Å²) >= 11 is 8.28. The van der Waals surface area contributed by atoms with Crippen molar-refractivity contribution in [2.75, 3.05) is 17.4 Å². The lowest BCUT2D eigenvalue weighted by molar-refractivity contribution is -0.139. The average Bonchev–Trinajstić information content (AvgIpc) is 2.89. The third-order valence-electron chi connectivity index (χ3n) is 5.68. The Morgan fingerprint density at radius 2 is 1.68 bits per heavy atom. The number of hydrogen-bond acceptors (Lipinski definition) is 4. The van der Waals surface area contributed by atoms with Crippen LogP contribution in [0.15, 0.2) is 83.8 Å². The first-order chi connectivity index (χ1) is 17.6. The van der Waals surface area contributed by atoms with Gasteiger partial charge in [-0.3, -0.25) is 13.9 Å². The number of nitrogens with one attached hydrogen (secondary N) is 1. The van der Waals surface area contributed by atoms with Crippen LogP contribution in [0.1, 0.15) is 25.8 Å². The number of halogens is 2. The standard InChI is InChI=1S/C27H29ClIN3O4S/c1-3-16-30-27(34)20(2)31(18-21-8-7-9-22(28)17-21)26(33)19-32(24-14-12-23(29)13-15-24)37(35,36)25-10-5-4-6-11-25/h4-15,17,20H,3,16,18-19H2,1-2H3,(H,30,34)/t20-/m1/s1. The Kier molecular flexibility index (Phi) is 10.4. The van der Waals surface area contributed by atoms with Crippen molar-refractivity contribution in [1.82, 2.24) is 10.2 Å². The minimum atomic E-state index is -4.07. The van der Waals surface area contributed by atoms with Gasteiger partial charge in [-0.2, -0.15) is 0 Å². The highest BCUT2D eigenvalue weighted by Crippen LogP contribution is 2.25. The lowest BCUT2D eigenvalue weighted by Crippen LogP contribution is -2.51. The molecule has 0 fully saturated rings. The molecule has 2 amide bonds. The molecule has 196 valence electrons. The topological polar surface area (TPSA) is 86.8 Å². The fourth-order valence-corrected chi connectivity index (χ4v) is 5.67. The van der Waals surface area contributed by atoms with E-state index in [4.69, 9.17) is 11.6 Å². The molecule has 0 aliphatic carbocycles. The minimum Gasteiger partial charge on any atom is -0.354 e. The van der Waals surface area contributed by atoms with Crippen molar-refractivity contribution in [3.8, 4) is 0 Å². The van der Waals surface area contributed by atoms with E-state index >= 15 is 0 Å². The van der Waals surface area contributed by atoms with Gasteiger partial charge in [-0.25, -0.2) is 8.42 Å². The number of benzene rings is 3. The fraction of sp³-hybridized carbons (Fsp3) is 0.259. The Labute approximate surface area is 237 Å². The summed E-state index contributed by atoms with van der Waals surface area (Å²) in [5.41, 5.74) is 1.08. The van der Waals surface area contributed by atoms with Gasteiger partial charge in [0.15, 0.2) is 0 Å². The molecule has 3 rings (SSSR count). The molecule has 7 nitrogen and oxygen atoms in total. The molecule has 37 heavy (non-hydrogen) atoms. The molecule has 0 bridgehead atoms. The van der Waals surface area contributed by atoms with Crippen LogP contribution < -0.4 is 9.62 Å². The highest BCUT2D eigenvalue weighted by Gasteiger charge is 2.32. The second-order valence-corrected chi connectivity index (χ2v) is 12.0. The molecule has 0 aromatic heterocycles. The van der Waals surface area contributed by atoms with Crippen LogP contribution in [-0.4, -0.2) is 44.3 Å². The maximum absolute atomic E-state index is 13.8. The highest BCUT2D eigenvalue weighted by molar-refractivity contribution is 14.1. The number of carbonyl (C=O) groups excluding carboxylic acids is 2. The average molecular weight is 654 g/mol. The summed E-state index contributed by atoms with van der Waals surface area (Å²) in [5.74, 6) is -0.832. The summed E-state index contributed by atoms with van der Waals surface area (Å²) in [4.78, 5) is 28.1. The molecule has 0 radical (unpaired) electrons. The molecule has 3 aromatic carbocycles. The van der Waals surface area contributed by atoms with Crippen LogP contribution in [0.3, 0.4) is 0 Å². The molecule has 1 atom stereocenters. The third-order valence-corrected chi connectivity index (χ3v) is 8.43. The lowest BCUT2D eigenvalue weighted by atomic mass is 10.1. The zero-order chi connectivity index (χ0) is 27.0. The SMILES string of the molecule is CCCNC(=O)[C@@H](C)N(Cc1cccc(Cl)c1)C(=O)CN(c1ccc(I)cc1)S(=O)(=O)c1ccccc1. The summed E-state index contributed by atoms with van der Waals surface area (Å²) in [6.45, 7) is 3.65. The van der Waals surface area contributed by atoms with E-state index in [0.717, 1.165) is 19.9 Å². The number of carbonyl (C=O) groups is 2. The molecule has 1 N–H and O–H groups in total. The Hall–Kier alpha value is -2.63. The first-order valence-electron chi connectivity index (χ1n) is 11.8. The van der Waals surface area contributed by atoms with Crippen LogP contribution in [0.4, 0.5) is 5.69 Å². The molecule has 0 heterocycles. The van der Waals surface area contributed by atoms with Gasteiger partial charge in [-0.05, 0) is 90.0 Å². The highest BCUT2D eigenvalue weighted by atomic mass is 127. The number of anilines is 1. The second kappa shape index (κ2) is 13.3. The molecule has 10 heteroatoms. The number of sulfonamides is 1. The van der Waals surface area contributed by atoms with Gasteiger partial charge in [0.2, 0.25) is 11.8 Å². The van der Waals surface area contributed by atoms with Crippen molar-refractivity contribution in [1.29, 1.82) is 0 Å². The van der Waals surface area contributed by atoms with Gasteiger partial charge in [0.05, 0.1) is 10.6 Å². The normalized spacial score (nSPS) is 12.0. The predicted molar refractivity (Wildman–Crippen MR) is 155 cm³/mol. The first-order valence-corrected chi connectivity index (χ1v) is 14.7. The quantitative estimate of drug-likeness (QED) is 0.293. The summed E-state index contributed by atoms with van der Waals surface area (Å²) in [7, 11) is -4.07. The summed E-state index contributed by atoms with van der Waals surface area (Å²) in [5, 5.41) is 3.32. The Morgan fingerprint density at radius 1 is 1.00 bits per heavy atom. The Bertz CT molecular complexity index is 1320. The summed E-state index contributed by atoms with van der Waals surface area (Å²) < 4.78 is 29.4. The van der Waals surface area contributed by atoms with E-state index in [1.165, 1.54) is 17.0 Å². The van der Waals surface area contributed by atoms with Gasteiger partial charge < -0.3 is 10.2 Å². The zero-order valence-corrected chi connectivity index (χ0v) is 24.3. The van der Waals surface area contributed by atoms with E-state index in [1.807, 2.05) is 6.92 Å². The van der Waals surface area contributed by atoms with Gasteiger partial charge in [0.1, 0.15) is 12.6 Å². The largest absolute Gasteiger partial charge is 0.354 e. The summed E-state index contributed by atoms with van der Waals surface area (Å²) in [6.07, 6.45) is 0.747. The van der Waals surface area contributed by atoms with Gasteiger partial charge in [-0.1, -0.05) is 48.9 Å². The second-order valence-electron chi connectivity index (χ2n) is 8.42. The maximum Gasteiger partial charge on any atom is 0.264 e. The van der Waals surface area contributed by atoms with E-state index in [-0.39, 0.29) is 17.3 Å². The van der Waals surface area contributed by atoms with E-state index in [0.29, 0.717) is 17.3 Å². The molecular weight excluding hydrogens is 625 g/mol. The van der Waals surface area contributed by atoms with Gasteiger partial charge in [-0.15, -0.1) is 0 Å². The van der Waals surface area contributed by atoms with Crippen LogP contribution >= 0.6 is 34.2 Å². The van der Waals surface area contributed by atoms with Crippen molar-refractivity contribution in [2.24, 2.45) is 0 Å². The van der Waals surface area contributed by atoms with Crippen LogP contribution in [0.2, 0.25) is 5.02 Å².